The molecule has 0 spiro atoms. The number of rotatable bonds is 8. The smallest absolute Gasteiger partial charge is 0.203 e. The molecule has 2 aromatic rings. The summed E-state index contributed by atoms with van der Waals surface area (Å²) in [6.45, 7) is 5.76. The van der Waals surface area contributed by atoms with E-state index in [-0.39, 0.29) is 6.04 Å². The molecule has 0 radical (unpaired) electrons. The van der Waals surface area contributed by atoms with Gasteiger partial charge >= 0.3 is 0 Å². The summed E-state index contributed by atoms with van der Waals surface area (Å²) in [4.78, 5) is 0. The van der Waals surface area contributed by atoms with Gasteiger partial charge in [0.25, 0.3) is 0 Å². The molecule has 0 fully saturated rings. The van der Waals surface area contributed by atoms with E-state index < -0.39 is 0 Å². The Kier molecular flexibility index (Phi) is 5.87. The van der Waals surface area contributed by atoms with Crippen molar-refractivity contribution in [3.05, 3.63) is 35.7 Å². The maximum absolute atomic E-state index is 5.39. The van der Waals surface area contributed by atoms with E-state index in [0.717, 1.165) is 12.1 Å². The van der Waals surface area contributed by atoms with E-state index in [0.29, 0.717) is 23.8 Å². The number of ether oxygens (including phenoxy) is 3. The molecule has 1 atom stereocenters. The number of nitrogens with zero attached hydrogens (tertiary/aromatic N) is 2. The Labute approximate surface area is 137 Å². The number of benzene rings is 1. The quantitative estimate of drug-likeness (QED) is 0.811. The molecule has 0 bridgehead atoms. The molecule has 126 valence electrons. The fourth-order valence-corrected chi connectivity index (χ4v) is 2.59. The van der Waals surface area contributed by atoms with Crippen molar-refractivity contribution in [1.29, 1.82) is 0 Å². The Morgan fingerprint density at radius 2 is 1.78 bits per heavy atom. The predicted octanol–water partition coefficient (Wildman–Crippen LogP) is 2.78. The Balaban J connectivity index is 2.14. The summed E-state index contributed by atoms with van der Waals surface area (Å²) in [5.74, 6) is 1.93. The van der Waals surface area contributed by atoms with Gasteiger partial charge in [-0.25, -0.2) is 0 Å². The standard InChI is InChI=1S/C17H25N3O3/c1-6-20-14(7-8-19-20)12(2)18-11-13-9-15(21-3)17(23-5)16(10-13)22-4/h7-10,12,18H,6,11H2,1-5H3. The van der Waals surface area contributed by atoms with E-state index in [1.54, 1.807) is 21.3 Å². The predicted molar refractivity (Wildman–Crippen MR) is 89.3 cm³/mol. The van der Waals surface area contributed by atoms with Crippen molar-refractivity contribution in [2.45, 2.75) is 33.0 Å². The normalized spacial score (nSPS) is 12.0. The first-order chi connectivity index (χ1) is 11.1. The van der Waals surface area contributed by atoms with Gasteiger partial charge in [0.2, 0.25) is 5.75 Å². The van der Waals surface area contributed by atoms with Gasteiger partial charge in [-0.05, 0) is 37.6 Å². The first kappa shape index (κ1) is 17.1. The van der Waals surface area contributed by atoms with E-state index in [4.69, 9.17) is 14.2 Å². The van der Waals surface area contributed by atoms with Crippen molar-refractivity contribution < 1.29 is 14.2 Å². The van der Waals surface area contributed by atoms with Gasteiger partial charge in [0.05, 0.1) is 27.0 Å². The zero-order valence-corrected chi connectivity index (χ0v) is 14.4. The molecule has 0 amide bonds. The average molecular weight is 319 g/mol. The first-order valence-electron chi connectivity index (χ1n) is 7.68. The number of aryl methyl sites for hydroxylation is 1. The molecule has 1 aromatic heterocycles. The highest BCUT2D eigenvalue weighted by Gasteiger charge is 2.14. The number of nitrogens with one attached hydrogen (secondary N) is 1. The summed E-state index contributed by atoms with van der Waals surface area (Å²) in [6.07, 6.45) is 1.83. The molecule has 1 heterocycles. The van der Waals surface area contributed by atoms with Crippen LogP contribution in [-0.4, -0.2) is 31.1 Å². The SMILES string of the molecule is CCn1nccc1C(C)NCc1cc(OC)c(OC)c(OC)c1. The van der Waals surface area contributed by atoms with Crippen LogP contribution in [0.5, 0.6) is 17.2 Å². The molecule has 0 saturated carbocycles. The third kappa shape index (κ3) is 3.76. The van der Waals surface area contributed by atoms with Crippen molar-refractivity contribution in [3.63, 3.8) is 0 Å². The van der Waals surface area contributed by atoms with Crippen molar-refractivity contribution in [3.8, 4) is 17.2 Å². The highest BCUT2D eigenvalue weighted by atomic mass is 16.5. The van der Waals surface area contributed by atoms with E-state index in [2.05, 4.69) is 24.3 Å². The van der Waals surface area contributed by atoms with Crippen LogP contribution < -0.4 is 19.5 Å². The first-order valence-corrected chi connectivity index (χ1v) is 7.68. The Hall–Kier alpha value is -2.21. The van der Waals surface area contributed by atoms with Gasteiger partial charge in [-0.1, -0.05) is 0 Å². The molecule has 1 unspecified atom stereocenters. The third-order valence-corrected chi connectivity index (χ3v) is 3.83. The lowest BCUT2D eigenvalue weighted by Crippen LogP contribution is -2.21. The molecule has 2 rings (SSSR count). The number of methoxy groups -OCH3 is 3. The van der Waals surface area contributed by atoms with Gasteiger partial charge in [0.15, 0.2) is 11.5 Å². The summed E-state index contributed by atoms with van der Waals surface area (Å²) >= 11 is 0. The van der Waals surface area contributed by atoms with E-state index >= 15 is 0 Å². The summed E-state index contributed by atoms with van der Waals surface area (Å²) in [5.41, 5.74) is 2.23. The van der Waals surface area contributed by atoms with Crippen molar-refractivity contribution in [2.24, 2.45) is 0 Å². The summed E-state index contributed by atoms with van der Waals surface area (Å²) in [6, 6.07) is 6.14. The molecule has 23 heavy (non-hydrogen) atoms. The average Bonchev–Trinajstić information content (AvgIpc) is 3.07. The summed E-state index contributed by atoms with van der Waals surface area (Å²) < 4.78 is 18.1. The van der Waals surface area contributed by atoms with Gasteiger partial charge in [-0.2, -0.15) is 5.10 Å². The molecule has 0 saturated heterocycles. The topological polar surface area (TPSA) is 57.5 Å². The van der Waals surface area contributed by atoms with Crippen LogP contribution >= 0.6 is 0 Å². The van der Waals surface area contributed by atoms with Crippen LogP contribution in [-0.2, 0) is 13.1 Å². The molecule has 6 heteroatoms. The highest BCUT2D eigenvalue weighted by molar-refractivity contribution is 5.53. The van der Waals surface area contributed by atoms with Crippen LogP contribution in [0.15, 0.2) is 24.4 Å². The summed E-state index contributed by atoms with van der Waals surface area (Å²) in [7, 11) is 4.85. The zero-order valence-electron chi connectivity index (χ0n) is 14.4. The van der Waals surface area contributed by atoms with Crippen LogP contribution in [0.2, 0.25) is 0 Å². The Morgan fingerprint density at radius 3 is 2.30 bits per heavy atom. The monoisotopic (exact) mass is 319 g/mol. The minimum atomic E-state index is 0.191. The number of hydrogen-bond acceptors (Lipinski definition) is 5. The van der Waals surface area contributed by atoms with E-state index in [9.17, 15) is 0 Å². The van der Waals surface area contributed by atoms with Crippen LogP contribution in [0.3, 0.4) is 0 Å². The minimum Gasteiger partial charge on any atom is -0.493 e. The molecule has 1 aromatic carbocycles. The lowest BCUT2D eigenvalue weighted by molar-refractivity contribution is 0.323. The van der Waals surface area contributed by atoms with Crippen LogP contribution in [0.25, 0.3) is 0 Å². The lowest BCUT2D eigenvalue weighted by atomic mass is 10.1. The van der Waals surface area contributed by atoms with Crippen LogP contribution in [0.1, 0.15) is 31.1 Å². The molecular weight excluding hydrogens is 294 g/mol. The second-order valence-electron chi connectivity index (χ2n) is 5.21. The molecule has 0 aliphatic carbocycles. The summed E-state index contributed by atoms with van der Waals surface area (Å²) in [5, 5.41) is 7.81. The molecule has 0 aliphatic rings. The van der Waals surface area contributed by atoms with Gasteiger partial charge in [-0.3, -0.25) is 4.68 Å². The molecule has 0 aliphatic heterocycles. The molecule has 1 N–H and O–H groups in total. The minimum absolute atomic E-state index is 0.191. The van der Waals surface area contributed by atoms with Crippen molar-refractivity contribution in [2.75, 3.05) is 21.3 Å². The lowest BCUT2D eigenvalue weighted by Gasteiger charge is -2.17. The Morgan fingerprint density at radius 1 is 1.13 bits per heavy atom. The number of hydrogen-bond donors (Lipinski definition) is 1. The Bertz CT molecular complexity index is 615. The molecular formula is C17H25N3O3. The maximum atomic E-state index is 5.39. The van der Waals surface area contributed by atoms with E-state index in [1.165, 1.54) is 5.69 Å². The van der Waals surface area contributed by atoms with E-state index in [1.807, 2.05) is 29.1 Å². The molecule has 6 nitrogen and oxygen atoms in total. The van der Waals surface area contributed by atoms with Gasteiger partial charge in [0, 0.05) is 25.3 Å². The zero-order chi connectivity index (χ0) is 16.8. The second kappa shape index (κ2) is 7.87. The largest absolute Gasteiger partial charge is 0.493 e. The van der Waals surface area contributed by atoms with Crippen LogP contribution in [0, 0.1) is 0 Å². The van der Waals surface area contributed by atoms with Gasteiger partial charge in [-0.15, -0.1) is 0 Å². The van der Waals surface area contributed by atoms with Crippen LogP contribution in [0.4, 0.5) is 0 Å². The fourth-order valence-electron chi connectivity index (χ4n) is 2.59. The van der Waals surface area contributed by atoms with Gasteiger partial charge in [0.1, 0.15) is 0 Å². The fraction of sp³-hybridized carbons (Fsp3) is 0.471. The second-order valence-corrected chi connectivity index (χ2v) is 5.21. The maximum Gasteiger partial charge on any atom is 0.203 e. The third-order valence-electron chi connectivity index (χ3n) is 3.83. The van der Waals surface area contributed by atoms with Gasteiger partial charge < -0.3 is 19.5 Å². The van der Waals surface area contributed by atoms with Crippen molar-refractivity contribution >= 4 is 0 Å². The highest BCUT2D eigenvalue weighted by Crippen LogP contribution is 2.38. The number of aromatic nitrogens is 2. The van der Waals surface area contributed by atoms with Crippen molar-refractivity contribution in [1.82, 2.24) is 15.1 Å².